The van der Waals surface area contributed by atoms with Crippen molar-refractivity contribution >= 4 is 12.0 Å². The second kappa shape index (κ2) is 7.14. The van der Waals surface area contributed by atoms with Crippen LogP contribution in [0, 0.1) is 18.3 Å². The third kappa shape index (κ3) is 4.11. The number of carbonyl (C=O) groups is 1. The van der Waals surface area contributed by atoms with E-state index in [-0.39, 0.29) is 17.1 Å². The fraction of sp³-hybridized carbons (Fsp3) is 0.111. The van der Waals surface area contributed by atoms with Crippen molar-refractivity contribution in [2.75, 3.05) is 0 Å². The van der Waals surface area contributed by atoms with Crippen LogP contribution in [0.1, 0.15) is 16.7 Å². The van der Waals surface area contributed by atoms with Crippen LogP contribution in [0.3, 0.4) is 0 Å². The van der Waals surface area contributed by atoms with Crippen LogP contribution in [0.2, 0.25) is 0 Å². The van der Waals surface area contributed by atoms with Crippen molar-refractivity contribution in [1.29, 1.82) is 5.26 Å². The van der Waals surface area contributed by atoms with Gasteiger partial charge in [-0.3, -0.25) is 4.79 Å². The SMILES string of the molecule is Cc1cc(/C=C(\C#N)C(=O)NCc2ccccc2)cc(O)c1O. The molecule has 2 aromatic carbocycles. The van der Waals surface area contributed by atoms with Crippen molar-refractivity contribution in [2.45, 2.75) is 13.5 Å². The molecule has 0 aromatic heterocycles. The summed E-state index contributed by atoms with van der Waals surface area (Å²) in [6.45, 7) is 1.94. The van der Waals surface area contributed by atoms with E-state index in [0.29, 0.717) is 17.7 Å². The van der Waals surface area contributed by atoms with Crippen LogP contribution in [0.25, 0.3) is 6.08 Å². The molecule has 116 valence electrons. The second-order valence-electron chi connectivity index (χ2n) is 5.04. The van der Waals surface area contributed by atoms with Gasteiger partial charge in [0, 0.05) is 6.54 Å². The van der Waals surface area contributed by atoms with Crippen LogP contribution in [-0.4, -0.2) is 16.1 Å². The lowest BCUT2D eigenvalue weighted by molar-refractivity contribution is -0.117. The summed E-state index contributed by atoms with van der Waals surface area (Å²) in [5, 5.41) is 30.9. The monoisotopic (exact) mass is 308 g/mol. The van der Waals surface area contributed by atoms with Gasteiger partial charge in [0.2, 0.25) is 0 Å². The molecule has 0 atom stereocenters. The standard InChI is InChI=1S/C18H16N2O3/c1-12-7-14(9-16(21)17(12)22)8-15(10-19)18(23)20-11-13-5-3-2-4-6-13/h2-9,21-22H,11H2,1H3,(H,20,23)/b15-8+. The highest BCUT2D eigenvalue weighted by atomic mass is 16.3. The number of aromatic hydroxyl groups is 2. The van der Waals surface area contributed by atoms with Crippen LogP contribution in [-0.2, 0) is 11.3 Å². The molecule has 0 bridgehead atoms. The van der Waals surface area contributed by atoms with E-state index < -0.39 is 5.91 Å². The third-order valence-electron chi connectivity index (χ3n) is 3.27. The van der Waals surface area contributed by atoms with Crippen LogP contribution in [0.5, 0.6) is 11.5 Å². The molecule has 1 amide bonds. The van der Waals surface area contributed by atoms with Gasteiger partial charge in [-0.2, -0.15) is 5.26 Å². The fourth-order valence-corrected chi connectivity index (χ4v) is 2.06. The minimum Gasteiger partial charge on any atom is -0.504 e. The Bertz CT molecular complexity index is 767. The average Bonchev–Trinajstić information content (AvgIpc) is 2.56. The molecular weight excluding hydrogens is 292 g/mol. The number of hydrogen-bond donors (Lipinski definition) is 3. The zero-order valence-electron chi connectivity index (χ0n) is 12.6. The van der Waals surface area contributed by atoms with Crippen LogP contribution in [0.4, 0.5) is 0 Å². The minimum absolute atomic E-state index is 0.0783. The number of benzene rings is 2. The molecule has 0 heterocycles. The third-order valence-corrected chi connectivity index (χ3v) is 3.27. The second-order valence-corrected chi connectivity index (χ2v) is 5.04. The number of nitrogens with zero attached hydrogens (tertiary/aromatic N) is 1. The van der Waals surface area contributed by atoms with Gasteiger partial charge < -0.3 is 15.5 Å². The minimum atomic E-state index is -0.499. The van der Waals surface area contributed by atoms with E-state index in [1.54, 1.807) is 13.0 Å². The Kier molecular flexibility index (Phi) is 5.00. The molecule has 0 radical (unpaired) electrons. The Morgan fingerprint density at radius 3 is 2.57 bits per heavy atom. The number of carbonyl (C=O) groups excluding carboxylic acids is 1. The predicted molar refractivity (Wildman–Crippen MR) is 86.4 cm³/mol. The Morgan fingerprint density at radius 1 is 1.26 bits per heavy atom. The molecule has 23 heavy (non-hydrogen) atoms. The maximum absolute atomic E-state index is 12.1. The Morgan fingerprint density at radius 2 is 1.96 bits per heavy atom. The molecule has 0 aliphatic carbocycles. The molecule has 0 spiro atoms. The van der Waals surface area contributed by atoms with Crippen LogP contribution < -0.4 is 5.32 Å². The Balaban J connectivity index is 2.15. The van der Waals surface area contributed by atoms with E-state index >= 15 is 0 Å². The molecule has 0 saturated carbocycles. The maximum atomic E-state index is 12.1. The van der Waals surface area contributed by atoms with Gasteiger partial charge in [0.25, 0.3) is 5.91 Å². The van der Waals surface area contributed by atoms with Crippen LogP contribution in [0.15, 0.2) is 48.0 Å². The molecule has 0 unspecified atom stereocenters. The highest BCUT2D eigenvalue weighted by molar-refractivity contribution is 6.01. The molecule has 2 rings (SSSR count). The van der Waals surface area contributed by atoms with E-state index in [4.69, 9.17) is 5.26 Å². The normalized spacial score (nSPS) is 10.9. The number of amides is 1. The Hall–Kier alpha value is -3.26. The van der Waals surface area contributed by atoms with Crippen molar-refractivity contribution in [1.82, 2.24) is 5.32 Å². The van der Waals surface area contributed by atoms with Crippen molar-refractivity contribution in [2.24, 2.45) is 0 Å². The molecular formula is C18H16N2O3. The number of hydrogen-bond acceptors (Lipinski definition) is 4. The van der Waals surface area contributed by atoms with E-state index in [2.05, 4.69) is 5.32 Å². The molecule has 3 N–H and O–H groups in total. The summed E-state index contributed by atoms with van der Waals surface area (Å²) < 4.78 is 0. The largest absolute Gasteiger partial charge is 0.504 e. The number of aryl methyl sites for hydroxylation is 1. The number of nitrogens with one attached hydrogen (secondary N) is 1. The van der Waals surface area contributed by atoms with Crippen molar-refractivity contribution < 1.29 is 15.0 Å². The maximum Gasteiger partial charge on any atom is 0.262 e. The van der Waals surface area contributed by atoms with Gasteiger partial charge in [-0.05, 0) is 41.8 Å². The molecule has 5 nitrogen and oxygen atoms in total. The first kappa shape index (κ1) is 16.1. The molecule has 0 aliphatic rings. The lowest BCUT2D eigenvalue weighted by atomic mass is 10.1. The molecule has 0 saturated heterocycles. The van der Waals surface area contributed by atoms with Gasteiger partial charge in [0.1, 0.15) is 11.6 Å². The van der Waals surface area contributed by atoms with Gasteiger partial charge in [-0.1, -0.05) is 30.3 Å². The first-order valence-electron chi connectivity index (χ1n) is 6.97. The highest BCUT2D eigenvalue weighted by Crippen LogP contribution is 2.30. The summed E-state index contributed by atoms with van der Waals surface area (Å²) in [6, 6.07) is 14.1. The summed E-state index contributed by atoms with van der Waals surface area (Å²) in [4.78, 5) is 12.1. The molecule has 0 fully saturated rings. The van der Waals surface area contributed by atoms with Gasteiger partial charge in [-0.25, -0.2) is 0 Å². The summed E-state index contributed by atoms with van der Waals surface area (Å²) in [5.74, 6) is -1.01. The fourth-order valence-electron chi connectivity index (χ4n) is 2.06. The lowest BCUT2D eigenvalue weighted by Crippen LogP contribution is -2.23. The predicted octanol–water partition coefficient (Wildman–Crippen LogP) is 2.63. The van der Waals surface area contributed by atoms with Crippen molar-refractivity contribution in [3.05, 3.63) is 64.7 Å². The van der Waals surface area contributed by atoms with Gasteiger partial charge in [0.05, 0.1) is 0 Å². The molecule has 5 heteroatoms. The first-order valence-corrected chi connectivity index (χ1v) is 6.97. The lowest BCUT2D eigenvalue weighted by Gasteiger charge is -2.06. The average molecular weight is 308 g/mol. The van der Waals surface area contributed by atoms with E-state index in [0.717, 1.165) is 5.56 Å². The summed E-state index contributed by atoms with van der Waals surface area (Å²) in [7, 11) is 0. The smallest absolute Gasteiger partial charge is 0.262 e. The summed E-state index contributed by atoms with van der Waals surface area (Å²) >= 11 is 0. The van der Waals surface area contributed by atoms with Crippen molar-refractivity contribution in [3.63, 3.8) is 0 Å². The summed E-state index contributed by atoms with van der Waals surface area (Å²) in [5.41, 5.74) is 1.77. The topological polar surface area (TPSA) is 93.4 Å². The zero-order valence-corrected chi connectivity index (χ0v) is 12.6. The van der Waals surface area contributed by atoms with Crippen molar-refractivity contribution in [3.8, 4) is 17.6 Å². The molecule has 0 aliphatic heterocycles. The quantitative estimate of drug-likeness (QED) is 0.460. The van der Waals surface area contributed by atoms with E-state index in [1.807, 2.05) is 36.4 Å². The highest BCUT2D eigenvalue weighted by Gasteiger charge is 2.10. The van der Waals surface area contributed by atoms with E-state index in [9.17, 15) is 15.0 Å². The van der Waals surface area contributed by atoms with Gasteiger partial charge in [-0.15, -0.1) is 0 Å². The van der Waals surface area contributed by atoms with Gasteiger partial charge in [0.15, 0.2) is 11.5 Å². The number of phenolic OH excluding ortho intramolecular Hbond substituents is 2. The van der Waals surface area contributed by atoms with E-state index in [1.165, 1.54) is 12.1 Å². The first-order chi connectivity index (χ1) is 11.0. The Labute approximate surface area is 134 Å². The number of rotatable bonds is 4. The molecule has 2 aromatic rings. The summed E-state index contributed by atoms with van der Waals surface area (Å²) in [6.07, 6.45) is 1.37. The van der Waals surface area contributed by atoms with Crippen LogP contribution >= 0.6 is 0 Å². The van der Waals surface area contributed by atoms with Gasteiger partial charge >= 0.3 is 0 Å². The zero-order chi connectivity index (χ0) is 16.8. The number of nitriles is 1. The number of phenols is 2.